The molecule has 35 heavy (non-hydrogen) atoms. The maximum Gasteiger partial charge on any atom is 0.291 e. The van der Waals surface area contributed by atoms with E-state index in [1.807, 2.05) is 36.4 Å². The molecule has 0 fully saturated rings. The van der Waals surface area contributed by atoms with E-state index in [-0.39, 0.29) is 17.7 Å². The molecule has 1 amide bonds. The summed E-state index contributed by atoms with van der Waals surface area (Å²) >= 11 is 1.65. The number of hydrogen-bond acceptors (Lipinski definition) is 7. The minimum Gasteiger partial charge on any atom is -0.493 e. The van der Waals surface area contributed by atoms with Crippen LogP contribution in [0.4, 0.5) is 10.8 Å². The first-order valence-electron chi connectivity index (χ1n) is 11.6. The zero-order valence-electron chi connectivity index (χ0n) is 19.7. The number of furan rings is 1. The van der Waals surface area contributed by atoms with Crippen LogP contribution in [0.15, 0.2) is 65.4 Å². The third-order valence-corrected chi connectivity index (χ3v) is 7.39. The minimum atomic E-state index is -0.269. The van der Waals surface area contributed by atoms with Gasteiger partial charge in [0.2, 0.25) is 0 Å². The average Bonchev–Trinajstić information content (AvgIpc) is 3.56. The lowest BCUT2D eigenvalue weighted by atomic mass is 9.89. The Morgan fingerprint density at radius 2 is 1.91 bits per heavy atom. The van der Waals surface area contributed by atoms with Gasteiger partial charge in [-0.1, -0.05) is 12.1 Å². The van der Waals surface area contributed by atoms with Crippen LogP contribution in [0.3, 0.4) is 0 Å². The van der Waals surface area contributed by atoms with E-state index >= 15 is 0 Å². The number of ether oxygens (including phenoxy) is 2. The predicted molar refractivity (Wildman–Crippen MR) is 137 cm³/mol. The van der Waals surface area contributed by atoms with Gasteiger partial charge in [-0.15, -0.1) is 11.3 Å². The molecule has 0 spiro atoms. The molecule has 1 aromatic carbocycles. The summed E-state index contributed by atoms with van der Waals surface area (Å²) in [5, 5.41) is 7.56. The van der Waals surface area contributed by atoms with Gasteiger partial charge < -0.3 is 24.5 Å². The summed E-state index contributed by atoms with van der Waals surface area (Å²) in [5.41, 5.74) is 3.33. The van der Waals surface area contributed by atoms with Gasteiger partial charge in [0.05, 0.1) is 26.5 Å². The normalized spacial score (nSPS) is 13.5. The second-order valence-electron chi connectivity index (χ2n) is 8.29. The number of pyridine rings is 1. The molecule has 3 aromatic heterocycles. The Hall–Kier alpha value is -3.78. The fourth-order valence-electron chi connectivity index (χ4n) is 4.51. The third-order valence-electron chi connectivity index (χ3n) is 6.17. The Labute approximate surface area is 208 Å². The second-order valence-corrected chi connectivity index (χ2v) is 9.40. The number of nitrogens with zero attached hydrogens (tertiary/aromatic N) is 1. The predicted octanol–water partition coefficient (Wildman–Crippen LogP) is 6.09. The molecule has 1 unspecified atom stereocenters. The molecule has 4 aromatic rings. The van der Waals surface area contributed by atoms with Crippen molar-refractivity contribution in [3.05, 3.63) is 88.3 Å². The van der Waals surface area contributed by atoms with Gasteiger partial charge in [-0.25, -0.2) is 4.98 Å². The van der Waals surface area contributed by atoms with E-state index in [0.717, 1.165) is 47.6 Å². The van der Waals surface area contributed by atoms with Gasteiger partial charge in [-0.2, -0.15) is 0 Å². The maximum absolute atomic E-state index is 13.0. The maximum atomic E-state index is 13.0. The number of aromatic nitrogens is 1. The highest BCUT2D eigenvalue weighted by atomic mass is 32.1. The van der Waals surface area contributed by atoms with Crippen molar-refractivity contribution in [2.45, 2.75) is 31.7 Å². The van der Waals surface area contributed by atoms with Crippen LogP contribution in [0.2, 0.25) is 0 Å². The lowest BCUT2D eigenvalue weighted by Gasteiger charge is -2.24. The smallest absolute Gasteiger partial charge is 0.291 e. The number of benzene rings is 1. The molecule has 0 bridgehead atoms. The number of fused-ring (bicyclic) bond motifs is 1. The summed E-state index contributed by atoms with van der Waals surface area (Å²) in [6.07, 6.45) is 7.50. The minimum absolute atomic E-state index is 0.265. The Balaban J connectivity index is 1.64. The molecule has 3 heterocycles. The molecule has 1 aliphatic carbocycles. The number of anilines is 2. The van der Waals surface area contributed by atoms with Gasteiger partial charge in [0.25, 0.3) is 5.91 Å². The van der Waals surface area contributed by atoms with Gasteiger partial charge >= 0.3 is 0 Å². The first-order chi connectivity index (χ1) is 17.2. The quantitative estimate of drug-likeness (QED) is 0.312. The van der Waals surface area contributed by atoms with E-state index in [1.165, 1.54) is 16.7 Å². The Morgan fingerprint density at radius 3 is 2.66 bits per heavy atom. The van der Waals surface area contributed by atoms with Crippen LogP contribution in [0, 0.1) is 0 Å². The number of thiophene rings is 1. The molecule has 0 radical (unpaired) electrons. The fourth-order valence-corrected chi connectivity index (χ4v) is 5.83. The van der Waals surface area contributed by atoms with Gasteiger partial charge in [-0.05, 0) is 73.2 Å². The number of carbonyl (C=O) groups is 1. The number of methoxy groups -OCH3 is 2. The average molecular weight is 490 g/mol. The van der Waals surface area contributed by atoms with Crippen LogP contribution >= 0.6 is 11.3 Å². The molecular weight excluding hydrogens is 462 g/mol. The van der Waals surface area contributed by atoms with Crippen molar-refractivity contribution in [1.29, 1.82) is 0 Å². The van der Waals surface area contributed by atoms with Crippen molar-refractivity contribution in [2.24, 2.45) is 0 Å². The number of hydrogen-bond donors (Lipinski definition) is 2. The summed E-state index contributed by atoms with van der Waals surface area (Å²) in [6, 6.07) is 14.8. The summed E-state index contributed by atoms with van der Waals surface area (Å²) in [6.45, 7) is 0. The van der Waals surface area contributed by atoms with Crippen molar-refractivity contribution >= 4 is 28.1 Å². The van der Waals surface area contributed by atoms with Crippen molar-refractivity contribution in [3.8, 4) is 11.5 Å². The molecular formula is C27H27N3O4S. The van der Waals surface area contributed by atoms with Crippen molar-refractivity contribution < 1.29 is 18.7 Å². The number of rotatable bonds is 8. The Bertz CT molecular complexity index is 1300. The van der Waals surface area contributed by atoms with E-state index < -0.39 is 0 Å². The fraction of sp³-hybridized carbons (Fsp3) is 0.259. The summed E-state index contributed by atoms with van der Waals surface area (Å²) in [5.74, 6) is 2.06. The first-order valence-corrected chi connectivity index (χ1v) is 12.4. The highest BCUT2D eigenvalue weighted by Gasteiger charge is 2.30. The van der Waals surface area contributed by atoms with Crippen LogP contribution in [0.25, 0.3) is 0 Å². The molecule has 5 rings (SSSR count). The standard InChI is InChI=1S/C27H27N3O4S/c1-32-19-13-12-17(16-21(19)33-2)25(29-23-11-5-6-14-28-23)24-18-8-3-4-10-22(18)35-27(24)30-26(31)20-9-7-15-34-20/h5-7,9,11-16,25H,3-4,8,10H2,1-2H3,(H,28,29)(H,30,31). The lowest BCUT2D eigenvalue weighted by Crippen LogP contribution is -2.19. The molecule has 0 saturated carbocycles. The van der Waals surface area contributed by atoms with Gasteiger partial charge in [0.1, 0.15) is 10.8 Å². The largest absolute Gasteiger partial charge is 0.493 e. The van der Waals surface area contributed by atoms with Crippen LogP contribution in [0.5, 0.6) is 11.5 Å². The topological polar surface area (TPSA) is 85.6 Å². The van der Waals surface area contributed by atoms with Gasteiger partial charge in [0.15, 0.2) is 17.3 Å². The highest BCUT2D eigenvalue weighted by molar-refractivity contribution is 7.16. The van der Waals surface area contributed by atoms with Crippen molar-refractivity contribution in [3.63, 3.8) is 0 Å². The zero-order chi connectivity index (χ0) is 24.2. The Kier molecular flexibility index (Phi) is 6.72. The number of nitrogens with one attached hydrogen (secondary N) is 2. The van der Waals surface area contributed by atoms with E-state index in [2.05, 4.69) is 15.6 Å². The first kappa shape index (κ1) is 23.0. The van der Waals surface area contributed by atoms with E-state index in [4.69, 9.17) is 13.9 Å². The molecule has 1 aliphatic rings. The van der Waals surface area contributed by atoms with Gasteiger partial charge in [0, 0.05) is 16.6 Å². The summed E-state index contributed by atoms with van der Waals surface area (Å²) in [7, 11) is 3.25. The number of aryl methyl sites for hydroxylation is 1. The van der Waals surface area contributed by atoms with E-state index in [1.54, 1.807) is 43.9 Å². The van der Waals surface area contributed by atoms with E-state index in [9.17, 15) is 4.79 Å². The van der Waals surface area contributed by atoms with Gasteiger partial charge in [-0.3, -0.25) is 4.79 Å². The number of carbonyl (C=O) groups excluding carboxylic acids is 1. The molecule has 8 heteroatoms. The monoisotopic (exact) mass is 489 g/mol. The Morgan fingerprint density at radius 1 is 1.06 bits per heavy atom. The van der Waals surface area contributed by atoms with Crippen LogP contribution in [-0.4, -0.2) is 25.1 Å². The summed E-state index contributed by atoms with van der Waals surface area (Å²) in [4.78, 5) is 18.8. The highest BCUT2D eigenvalue weighted by Crippen LogP contribution is 2.45. The lowest BCUT2D eigenvalue weighted by molar-refractivity contribution is 0.0997. The summed E-state index contributed by atoms with van der Waals surface area (Å²) < 4.78 is 16.4. The van der Waals surface area contributed by atoms with Crippen LogP contribution in [-0.2, 0) is 12.8 Å². The zero-order valence-corrected chi connectivity index (χ0v) is 20.5. The van der Waals surface area contributed by atoms with Crippen molar-refractivity contribution in [2.75, 3.05) is 24.9 Å². The van der Waals surface area contributed by atoms with Crippen LogP contribution < -0.4 is 20.1 Å². The second kappa shape index (κ2) is 10.2. The third kappa shape index (κ3) is 4.74. The molecule has 1 atom stereocenters. The molecule has 0 saturated heterocycles. The molecule has 0 aliphatic heterocycles. The van der Waals surface area contributed by atoms with Crippen molar-refractivity contribution in [1.82, 2.24) is 4.98 Å². The molecule has 7 nitrogen and oxygen atoms in total. The number of amides is 1. The van der Waals surface area contributed by atoms with Crippen LogP contribution in [0.1, 0.15) is 51.0 Å². The van der Waals surface area contributed by atoms with E-state index in [0.29, 0.717) is 11.5 Å². The molecule has 2 N–H and O–H groups in total. The SMILES string of the molecule is COc1ccc(C(Nc2ccccn2)c2c(NC(=O)c3ccco3)sc3c2CCCC3)cc1OC. The molecule has 180 valence electrons.